The van der Waals surface area contributed by atoms with Gasteiger partial charge in [-0.1, -0.05) is 25.1 Å². The fraction of sp³-hybridized carbons (Fsp3) is 0.500. The van der Waals surface area contributed by atoms with Gasteiger partial charge in [0.1, 0.15) is 11.6 Å². The molecule has 0 aliphatic carbocycles. The number of rotatable bonds is 6. The number of aromatic amines is 1. The number of aromatic nitrogens is 1. The van der Waals surface area contributed by atoms with E-state index in [0.29, 0.717) is 6.42 Å². The van der Waals surface area contributed by atoms with Gasteiger partial charge in [-0.3, -0.25) is 4.79 Å². The number of para-hydroxylation sites is 1. The zero-order valence-electron chi connectivity index (χ0n) is 16.2. The maximum atomic E-state index is 12.7. The highest BCUT2D eigenvalue weighted by atomic mass is 16.6. The molecular weight excluding hydrogens is 330 g/mol. The molecule has 2 amide bonds. The number of fused-ring (bicyclic) bond motifs is 1. The first kappa shape index (κ1) is 19.8. The van der Waals surface area contributed by atoms with Gasteiger partial charge in [0.05, 0.1) is 0 Å². The lowest BCUT2D eigenvalue weighted by Crippen LogP contribution is -2.51. The van der Waals surface area contributed by atoms with Crippen LogP contribution in [-0.2, 0) is 16.0 Å². The summed E-state index contributed by atoms with van der Waals surface area (Å²) >= 11 is 0. The normalized spacial score (nSPS) is 13.9. The molecule has 6 nitrogen and oxygen atoms in total. The standard InChI is InChI=1S/C20H29N3O3/c1-6-13(2)22-18(24)17(23-19(25)26-20(3,4)5)11-14-12-21-16-10-8-7-9-15(14)16/h7-10,12-13,17,21H,6,11H2,1-5H3,(H,22,24)(H,23,25)/t13-,17-/m0/s1. The van der Waals surface area contributed by atoms with E-state index in [-0.39, 0.29) is 11.9 Å². The second-order valence-corrected chi connectivity index (χ2v) is 7.58. The molecule has 2 aromatic rings. The van der Waals surface area contributed by atoms with Gasteiger partial charge in [-0.15, -0.1) is 0 Å². The molecule has 0 saturated heterocycles. The molecule has 0 fully saturated rings. The van der Waals surface area contributed by atoms with Crippen LogP contribution in [0.5, 0.6) is 0 Å². The van der Waals surface area contributed by atoms with Gasteiger partial charge in [-0.25, -0.2) is 4.79 Å². The third-order valence-corrected chi connectivity index (χ3v) is 4.11. The van der Waals surface area contributed by atoms with E-state index in [9.17, 15) is 9.59 Å². The molecule has 0 bridgehead atoms. The van der Waals surface area contributed by atoms with Crippen LogP contribution in [0.25, 0.3) is 10.9 Å². The van der Waals surface area contributed by atoms with Crippen LogP contribution < -0.4 is 10.6 Å². The van der Waals surface area contributed by atoms with Crippen LogP contribution in [0.2, 0.25) is 0 Å². The Hall–Kier alpha value is -2.50. The van der Waals surface area contributed by atoms with Crippen molar-refractivity contribution in [2.75, 3.05) is 0 Å². The molecule has 2 rings (SSSR count). The van der Waals surface area contributed by atoms with E-state index in [2.05, 4.69) is 15.6 Å². The highest BCUT2D eigenvalue weighted by Crippen LogP contribution is 2.19. The van der Waals surface area contributed by atoms with E-state index in [1.807, 2.05) is 44.3 Å². The van der Waals surface area contributed by atoms with Gasteiger partial charge in [0.2, 0.25) is 5.91 Å². The maximum absolute atomic E-state index is 12.7. The van der Waals surface area contributed by atoms with Crippen LogP contribution in [0.15, 0.2) is 30.5 Å². The second-order valence-electron chi connectivity index (χ2n) is 7.58. The van der Waals surface area contributed by atoms with E-state index >= 15 is 0 Å². The van der Waals surface area contributed by atoms with E-state index in [4.69, 9.17) is 4.74 Å². The fourth-order valence-electron chi connectivity index (χ4n) is 2.63. The molecule has 26 heavy (non-hydrogen) atoms. The predicted octanol–water partition coefficient (Wildman–Crippen LogP) is 3.52. The summed E-state index contributed by atoms with van der Waals surface area (Å²) in [5, 5.41) is 6.70. The molecule has 1 aromatic heterocycles. The lowest BCUT2D eigenvalue weighted by atomic mass is 10.0. The smallest absolute Gasteiger partial charge is 0.408 e. The molecule has 0 radical (unpaired) electrons. The summed E-state index contributed by atoms with van der Waals surface area (Å²) in [4.78, 5) is 28.1. The van der Waals surface area contributed by atoms with Crippen molar-refractivity contribution in [2.45, 2.75) is 65.1 Å². The highest BCUT2D eigenvalue weighted by Gasteiger charge is 2.26. The first-order valence-corrected chi connectivity index (χ1v) is 9.04. The van der Waals surface area contributed by atoms with Crippen LogP contribution in [-0.4, -0.2) is 34.7 Å². The van der Waals surface area contributed by atoms with Crippen molar-refractivity contribution >= 4 is 22.9 Å². The van der Waals surface area contributed by atoms with Crippen LogP contribution in [0.4, 0.5) is 4.79 Å². The van der Waals surface area contributed by atoms with Gasteiger partial charge >= 0.3 is 6.09 Å². The van der Waals surface area contributed by atoms with E-state index in [1.165, 1.54) is 0 Å². The number of hydrogen-bond acceptors (Lipinski definition) is 3. The molecule has 1 aromatic carbocycles. The fourth-order valence-corrected chi connectivity index (χ4v) is 2.63. The summed E-state index contributed by atoms with van der Waals surface area (Å²) in [5.74, 6) is -0.213. The minimum Gasteiger partial charge on any atom is -0.444 e. The molecule has 0 spiro atoms. The van der Waals surface area contributed by atoms with Crippen molar-refractivity contribution in [3.8, 4) is 0 Å². The van der Waals surface area contributed by atoms with Crippen LogP contribution in [0, 0.1) is 0 Å². The Balaban J connectivity index is 2.19. The Kier molecular flexibility index (Phi) is 6.29. The Labute approximate surface area is 154 Å². The zero-order valence-corrected chi connectivity index (χ0v) is 16.2. The van der Waals surface area contributed by atoms with E-state index in [1.54, 1.807) is 20.8 Å². The minimum atomic E-state index is -0.710. The van der Waals surface area contributed by atoms with Crippen molar-refractivity contribution in [3.63, 3.8) is 0 Å². The van der Waals surface area contributed by atoms with Gasteiger partial charge in [-0.2, -0.15) is 0 Å². The number of amides is 2. The van der Waals surface area contributed by atoms with Crippen LogP contribution >= 0.6 is 0 Å². The molecule has 3 N–H and O–H groups in total. The third kappa shape index (κ3) is 5.51. The summed E-state index contributed by atoms with van der Waals surface area (Å²) in [6, 6.07) is 7.21. The predicted molar refractivity (Wildman–Crippen MR) is 103 cm³/mol. The summed E-state index contributed by atoms with van der Waals surface area (Å²) in [5.41, 5.74) is 1.35. The monoisotopic (exact) mass is 359 g/mol. The molecule has 6 heteroatoms. The average molecular weight is 359 g/mol. The average Bonchev–Trinajstić information content (AvgIpc) is 2.95. The lowest BCUT2D eigenvalue weighted by molar-refractivity contribution is -0.123. The van der Waals surface area contributed by atoms with E-state index in [0.717, 1.165) is 22.9 Å². The number of alkyl carbamates (subject to hydrolysis) is 1. The summed E-state index contributed by atoms with van der Waals surface area (Å²) < 4.78 is 5.32. The van der Waals surface area contributed by atoms with Crippen molar-refractivity contribution in [1.29, 1.82) is 0 Å². The number of nitrogens with one attached hydrogen (secondary N) is 3. The number of H-pyrrole nitrogens is 1. The second kappa shape index (κ2) is 8.25. The van der Waals surface area contributed by atoms with Gasteiger partial charge in [0.15, 0.2) is 0 Å². The molecule has 0 aliphatic heterocycles. The molecule has 2 atom stereocenters. The van der Waals surface area contributed by atoms with Crippen molar-refractivity contribution < 1.29 is 14.3 Å². The number of ether oxygens (including phenoxy) is 1. The van der Waals surface area contributed by atoms with Crippen molar-refractivity contribution in [2.24, 2.45) is 0 Å². The summed E-state index contributed by atoms with van der Waals surface area (Å²) in [6.07, 6.45) is 2.48. The van der Waals surface area contributed by atoms with Crippen molar-refractivity contribution in [1.82, 2.24) is 15.6 Å². The molecular formula is C20H29N3O3. The Morgan fingerprint density at radius 1 is 1.19 bits per heavy atom. The lowest BCUT2D eigenvalue weighted by Gasteiger charge is -2.24. The highest BCUT2D eigenvalue weighted by molar-refractivity contribution is 5.88. The quantitative estimate of drug-likeness (QED) is 0.738. The molecule has 0 unspecified atom stereocenters. The first-order chi connectivity index (χ1) is 12.2. The molecule has 0 aliphatic rings. The third-order valence-electron chi connectivity index (χ3n) is 4.11. The van der Waals surface area contributed by atoms with Crippen molar-refractivity contribution in [3.05, 3.63) is 36.0 Å². The first-order valence-electron chi connectivity index (χ1n) is 9.04. The maximum Gasteiger partial charge on any atom is 0.408 e. The van der Waals surface area contributed by atoms with Gasteiger partial charge in [-0.05, 0) is 45.7 Å². The number of hydrogen-bond donors (Lipinski definition) is 3. The Morgan fingerprint density at radius 2 is 1.88 bits per heavy atom. The number of carbonyl (C=O) groups excluding carboxylic acids is 2. The van der Waals surface area contributed by atoms with Crippen LogP contribution in [0.1, 0.15) is 46.6 Å². The molecule has 142 valence electrons. The number of benzene rings is 1. The van der Waals surface area contributed by atoms with Gasteiger partial charge in [0.25, 0.3) is 0 Å². The Morgan fingerprint density at radius 3 is 2.54 bits per heavy atom. The summed E-state index contributed by atoms with van der Waals surface area (Å²) in [6.45, 7) is 9.32. The molecule has 0 saturated carbocycles. The zero-order chi connectivity index (χ0) is 19.3. The van der Waals surface area contributed by atoms with Gasteiger partial charge in [0, 0.05) is 29.6 Å². The molecule has 1 heterocycles. The SMILES string of the molecule is CC[C@H](C)NC(=O)[C@H](Cc1c[nH]c2ccccc12)NC(=O)OC(C)(C)C. The number of carbonyl (C=O) groups is 2. The largest absolute Gasteiger partial charge is 0.444 e. The topological polar surface area (TPSA) is 83.2 Å². The van der Waals surface area contributed by atoms with E-state index < -0.39 is 17.7 Å². The summed E-state index contributed by atoms with van der Waals surface area (Å²) in [7, 11) is 0. The van der Waals surface area contributed by atoms with Gasteiger partial charge < -0.3 is 20.4 Å². The Bertz CT molecular complexity index is 761. The van der Waals surface area contributed by atoms with Crippen LogP contribution in [0.3, 0.4) is 0 Å². The minimum absolute atomic E-state index is 0.0356.